The van der Waals surface area contributed by atoms with Gasteiger partial charge in [-0.25, -0.2) is 0 Å². The van der Waals surface area contributed by atoms with Crippen molar-refractivity contribution in [2.24, 2.45) is 0 Å². The number of rotatable bonds is 5. The molecule has 3 aromatic rings. The molecule has 0 amide bonds. The minimum Gasteiger partial charge on any atom is -0.507 e. The Morgan fingerprint density at radius 2 is 1.68 bits per heavy atom. The van der Waals surface area contributed by atoms with Crippen LogP contribution in [0.1, 0.15) is 0 Å². The number of aromatic hydroxyl groups is 3. The van der Waals surface area contributed by atoms with Crippen molar-refractivity contribution in [2.45, 2.75) is 30.7 Å². The highest BCUT2D eigenvalue weighted by Crippen LogP contribution is 2.43. The van der Waals surface area contributed by atoms with E-state index in [-0.39, 0.29) is 33.8 Å². The average molecular weight is 478 g/mol. The Balaban J connectivity index is 1.88. The van der Waals surface area contributed by atoms with Gasteiger partial charge in [-0.1, -0.05) is 0 Å². The number of hydrogen-bond donors (Lipinski definition) is 7. The van der Waals surface area contributed by atoms with Crippen molar-refractivity contribution in [3.05, 3.63) is 40.6 Å². The number of phenolic OH excluding ortho intramolecular Hbond substituents is 3. The molecule has 12 nitrogen and oxygen atoms in total. The first kappa shape index (κ1) is 23.6. The number of hydrogen-bond acceptors (Lipinski definition) is 12. The van der Waals surface area contributed by atoms with Gasteiger partial charge in [0, 0.05) is 17.7 Å². The number of aliphatic hydroxyl groups excluding tert-OH is 4. The lowest BCUT2D eigenvalue weighted by Gasteiger charge is -2.39. The number of fused-ring (bicyclic) bond motifs is 1. The smallest absolute Gasteiger partial charge is 0.229 e. The van der Waals surface area contributed by atoms with Crippen LogP contribution in [0.3, 0.4) is 0 Å². The highest BCUT2D eigenvalue weighted by Gasteiger charge is 2.45. The van der Waals surface area contributed by atoms with Gasteiger partial charge in [-0.15, -0.1) is 0 Å². The molecule has 34 heavy (non-hydrogen) atoms. The van der Waals surface area contributed by atoms with Crippen LogP contribution in [0, 0.1) is 0 Å². The van der Waals surface area contributed by atoms with Gasteiger partial charge in [-0.05, 0) is 18.2 Å². The highest BCUT2D eigenvalue weighted by molar-refractivity contribution is 5.91. The zero-order valence-corrected chi connectivity index (χ0v) is 17.7. The van der Waals surface area contributed by atoms with Crippen molar-refractivity contribution in [3.8, 4) is 40.1 Å². The fourth-order valence-corrected chi connectivity index (χ4v) is 3.63. The monoisotopic (exact) mass is 478 g/mol. The first-order valence-corrected chi connectivity index (χ1v) is 10.0. The Bertz CT molecular complexity index is 1270. The van der Waals surface area contributed by atoms with E-state index >= 15 is 0 Å². The van der Waals surface area contributed by atoms with Gasteiger partial charge in [0.1, 0.15) is 41.3 Å². The average Bonchev–Trinajstić information content (AvgIpc) is 2.81. The molecule has 4 rings (SSSR count). The van der Waals surface area contributed by atoms with Crippen LogP contribution < -0.4 is 14.9 Å². The second-order valence-corrected chi connectivity index (χ2v) is 7.62. The van der Waals surface area contributed by atoms with Crippen LogP contribution in [0.5, 0.6) is 28.7 Å². The van der Waals surface area contributed by atoms with Gasteiger partial charge < -0.3 is 54.4 Å². The summed E-state index contributed by atoms with van der Waals surface area (Å²) < 4.78 is 22.1. The summed E-state index contributed by atoms with van der Waals surface area (Å²) >= 11 is 0. The minimum absolute atomic E-state index is 0.0703. The molecule has 1 aliphatic heterocycles. The molecule has 2 aromatic carbocycles. The number of ether oxygens (including phenoxy) is 3. The first-order chi connectivity index (χ1) is 16.2. The molecule has 0 radical (unpaired) electrons. The van der Waals surface area contributed by atoms with Gasteiger partial charge in [0.2, 0.25) is 12.0 Å². The van der Waals surface area contributed by atoms with Crippen LogP contribution >= 0.6 is 0 Å². The molecule has 0 bridgehead atoms. The lowest BCUT2D eigenvalue weighted by Crippen LogP contribution is -2.60. The molecule has 5 unspecified atom stereocenters. The van der Waals surface area contributed by atoms with Crippen LogP contribution in [-0.2, 0) is 4.74 Å². The van der Waals surface area contributed by atoms with Gasteiger partial charge >= 0.3 is 0 Å². The van der Waals surface area contributed by atoms with Gasteiger partial charge in [0.25, 0.3) is 0 Å². The molecule has 1 aromatic heterocycles. The Labute approximate surface area is 191 Å². The molecule has 1 saturated heterocycles. The van der Waals surface area contributed by atoms with Crippen molar-refractivity contribution in [3.63, 3.8) is 0 Å². The van der Waals surface area contributed by atoms with E-state index < -0.39 is 60.0 Å². The topological polar surface area (TPSA) is 200 Å². The zero-order chi connectivity index (χ0) is 24.7. The molecule has 2 heterocycles. The fraction of sp³-hybridized carbons (Fsp3) is 0.318. The Kier molecular flexibility index (Phi) is 6.25. The van der Waals surface area contributed by atoms with E-state index in [4.69, 9.17) is 18.6 Å². The molecule has 0 aliphatic carbocycles. The molecule has 12 heteroatoms. The normalized spacial score (nSPS) is 24.8. The molecular weight excluding hydrogens is 456 g/mol. The fourth-order valence-electron chi connectivity index (χ4n) is 3.63. The van der Waals surface area contributed by atoms with Crippen molar-refractivity contribution in [1.29, 1.82) is 0 Å². The lowest BCUT2D eigenvalue weighted by molar-refractivity contribution is -0.277. The number of aliphatic hydroxyl groups is 4. The van der Waals surface area contributed by atoms with Crippen LogP contribution in [-0.4, -0.2) is 80.2 Å². The van der Waals surface area contributed by atoms with E-state index in [1.54, 1.807) is 0 Å². The van der Waals surface area contributed by atoms with Crippen molar-refractivity contribution >= 4 is 11.0 Å². The van der Waals surface area contributed by atoms with E-state index in [0.717, 1.165) is 18.2 Å². The van der Waals surface area contributed by atoms with Gasteiger partial charge in [-0.2, -0.15) is 0 Å². The summed E-state index contributed by atoms with van der Waals surface area (Å²) in [4.78, 5) is 12.8. The second kappa shape index (κ2) is 9.00. The summed E-state index contributed by atoms with van der Waals surface area (Å²) in [5.74, 6) is -1.84. The first-order valence-electron chi connectivity index (χ1n) is 10.0. The molecule has 0 saturated carbocycles. The number of methoxy groups -OCH3 is 1. The van der Waals surface area contributed by atoms with E-state index in [1.807, 2.05) is 0 Å². The summed E-state index contributed by atoms with van der Waals surface area (Å²) in [6.45, 7) is -0.693. The second-order valence-electron chi connectivity index (χ2n) is 7.62. The molecule has 5 atom stereocenters. The molecule has 7 N–H and O–H groups in total. The van der Waals surface area contributed by atoms with E-state index in [2.05, 4.69) is 0 Å². The quantitative estimate of drug-likeness (QED) is 0.238. The van der Waals surface area contributed by atoms with Gasteiger partial charge in [-0.3, -0.25) is 4.79 Å². The van der Waals surface area contributed by atoms with Crippen LogP contribution in [0.2, 0.25) is 0 Å². The third kappa shape index (κ3) is 3.97. The predicted octanol–water partition coefficient (Wildman–Crippen LogP) is -0.236. The van der Waals surface area contributed by atoms with Crippen LogP contribution in [0.25, 0.3) is 22.3 Å². The summed E-state index contributed by atoms with van der Waals surface area (Å²) in [6, 6.07) is 5.83. The molecule has 1 fully saturated rings. The van der Waals surface area contributed by atoms with Crippen LogP contribution in [0.15, 0.2) is 39.5 Å². The van der Waals surface area contributed by atoms with Gasteiger partial charge in [0.15, 0.2) is 28.3 Å². The molecular formula is C22H22O12. The highest BCUT2D eigenvalue weighted by atomic mass is 16.7. The third-order valence-corrected chi connectivity index (χ3v) is 5.46. The van der Waals surface area contributed by atoms with Gasteiger partial charge in [0.05, 0.1) is 13.7 Å². The summed E-state index contributed by atoms with van der Waals surface area (Å²) in [5, 5.41) is 69.2. The largest absolute Gasteiger partial charge is 0.507 e. The SMILES string of the molecule is COc1cc(O)c2c(=O)cc(-c3ccc(O)c(O)c3)oc2c1OC1OC(CO)C(O)C(O)C1O. The maximum atomic E-state index is 12.8. The third-order valence-electron chi connectivity index (χ3n) is 5.46. The maximum absolute atomic E-state index is 12.8. The Morgan fingerprint density at radius 1 is 0.941 bits per heavy atom. The molecule has 182 valence electrons. The summed E-state index contributed by atoms with van der Waals surface area (Å²) in [7, 11) is 1.24. The van der Waals surface area contributed by atoms with E-state index in [9.17, 15) is 40.5 Å². The van der Waals surface area contributed by atoms with Crippen LogP contribution in [0.4, 0.5) is 0 Å². The number of phenols is 3. The standard InChI is InChI=1S/C22H22O12/c1-31-14-6-12(27)16-11(26)5-13(8-2-3-9(24)10(25)4-8)32-21(16)20(14)34-22-19(30)18(29)17(28)15(7-23)33-22/h2-6,15,17-19,22-25,27-30H,7H2,1H3. The molecule has 0 spiro atoms. The Hall–Kier alpha value is -3.55. The maximum Gasteiger partial charge on any atom is 0.229 e. The van der Waals surface area contributed by atoms with Crippen molar-refractivity contribution in [2.75, 3.05) is 13.7 Å². The summed E-state index contributed by atoms with van der Waals surface area (Å²) in [5.41, 5.74) is -0.804. The molecule has 1 aliphatic rings. The zero-order valence-electron chi connectivity index (χ0n) is 17.7. The predicted molar refractivity (Wildman–Crippen MR) is 114 cm³/mol. The number of benzene rings is 2. The van der Waals surface area contributed by atoms with Crippen molar-refractivity contribution < 1.29 is 54.4 Å². The lowest BCUT2D eigenvalue weighted by atomic mass is 9.99. The van der Waals surface area contributed by atoms with E-state index in [1.165, 1.54) is 19.2 Å². The van der Waals surface area contributed by atoms with Crippen molar-refractivity contribution in [1.82, 2.24) is 0 Å². The van der Waals surface area contributed by atoms with E-state index in [0.29, 0.717) is 0 Å². The minimum atomic E-state index is -1.77. The Morgan fingerprint density at radius 3 is 2.32 bits per heavy atom. The summed E-state index contributed by atoms with van der Waals surface area (Å²) in [6.07, 6.45) is -8.02.